The van der Waals surface area contributed by atoms with Crippen LogP contribution < -0.4 is 24.4 Å². The van der Waals surface area contributed by atoms with Crippen molar-refractivity contribution in [1.29, 1.82) is 0 Å². The number of hydrogen-bond donors (Lipinski definition) is 1. The van der Waals surface area contributed by atoms with Crippen molar-refractivity contribution in [3.63, 3.8) is 0 Å². The molecule has 0 unspecified atom stereocenters. The first-order chi connectivity index (χ1) is 14.2. The minimum atomic E-state index is 0.581. The van der Waals surface area contributed by atoms with Gasteiger partial charge in [0.05, 0.1) is 39.8 Å². The van der Waals surface area contributed by atoms with Crippen molar-refractivity contribution in [3.05, 3.63) is 47.3 Å². The molecule has 0 fully saturated rings. The van der Waals surface area contributed by atoms with Gasteiger partial charge < -0.3 is 18.9 Å². The summed E-state index contributed by atoms with van der Waals surface area (Å²) in [4.78, 5) is 4.57. The molecule has 0 radical (unpaired) electrons. The zero-order chi connectivity index (χ0) is 20.6. The Labute approximate surface area is 173 Å². The molecule has 0 aliphatic carbocycles. The second-order valence-corrected chi connectivity index (χ2v) is 6.68. The number of nitrogens with zero attached hydrogens (tertiary/aromatic N) is 2. The van der Waals surface area contributed by atoms with Crippen molar-refractivity contribution < 1.29 is 18.9 Å². The Morgan fingerprint density at radius 2 is 1.69 bits per heavy atom. The monoisotopic (exact) mass is 413 g/mol. The Hall–Kier alpha value is -3.26. The summed E-state index contributed by atoms with van der Waals surface area (Å²) in [5.41, 5.74) is 5.61. The fourth-order valence-corrected chi connectivity index (χ4v) is 3.32. The molecule has 0 atom stereocenters. The molecule has 0 spiro atoms. The van der Waals surface area contributed by atoms with Crippen LogP contribution in [0.5, 0.6) is 23.0 Å². The van der Waals surface area contributed by atoms with Crippen molar-refractivity contribution in [3.8, 4) is 34.3 Å². The topological polar surface area (TPSA) is 74.2 Å². The average molecular weight is 413 g/mol. The SMILES string of the molecule is CCOc1ccc(/C=N\Nc2nc(-c3ccc(OC)c(OC)c3)cs2)cc1OC. The van der Waals surface area contributed by atoms with Gasteiger partial charge in [-0.1, -0.05) is 0 Å². The van der Waals surface area contributed by atoms with Gasteiger partial charge in [0, 0.05) is 10.9 Å². The van der Waals surface area contributed by atoms with E-state index >= 15 is 0 Å². The number of nitrogens with one attached hydrogen (secondary N) is 1. The molecule has 0 amide bonds. The van der Waals surface area contributed by atoms with Crippen LogP contribution >= 0.6 is 11.3 Å². The van der Waals surface area contributed by atoms with Crippen LogP contribution in [-0.2, 0) is 0 Å². The van der Waals surface area contributed by atoms with Crippen molar-refractivity contribution in [2.45, 2.75) is 6.92 Å². The van der Waals surface area contributed by atoms with E-state index in [0.29, 0.717) is 34.7 Å². The predicted molar refractivity (Wildman–Crippen MR) is 116 cm³/mol. The third-order valence-electron chi connectivity index (χ3n) is 4.04. The van der Waals surface area contributed by atoms with E-state index in [-0.39, 0.29) is 0 Å². The first-order valence-corrected chi connectivity index (χ1v) is 9.84. The molecular formula is C21H23N3O4S. The number of benzene rings is 2. The van der Waals surface area contributed by atoms with Gasteiger partial charge in [0.1, 0.15) is 0 Å². The van der Waals surface area contributed by atoms with Gasteiger partial charge in [0.15, 0.2) is 23.0 Å². The standard InChI is InChI=1S/C21H23N3O4S/c1-5-28-18-8-6-14(10-19(18)26-3)12-22-24-21-23-16(13-29-21)15-7-9-17(25-2)20(11-15)27-4/h6-13H,5H2,1-4H3,(H,23,24)/b22-12-. The van der Waals surface area contributed by atoms with Crippen LogP contribution in [0.15, 0.2) is 46.9 Å². The van der Waals surface area contributed by atoms with Gasteiger partial charge in [0.25, 0.3) is 0 Å². The maximum Gasteiger partial charge on any atom is 0.203 e. The van der Waals surface area contributed by atoms with Gasteiger partial charge in [-0.3, -0.25) is 5.43 Å². The lowest BCUT2D eigenvalue weighted by Crippen LogP contribution is -1.96. The van der Waals surface area contributed by atoms with Gasteiger partial charge >= 0.3 is 0 Å². The second kappa shape index (κ2) is 9.79. The molecular weight excluding hydrogens is 390 g/mol. The van der Waals surface area contributed by atoms with E-state index in [1.807, 2.05) is 48.7 Å². The minimum Gasteiger partial charge on any atom is -0.493 e. The predicted octanol–water partition coefficient (Wildman–Crippen LogP) is 4.68. The maximum atomic E-state index is 5.52. The van der Waals surface area contributed by atoms with Crippen LogP contribution in [0.2, 0.25) is 0 Å². The summed E-state index contributed by atoms with van der Waals surface area (Å²) in [7, 11) is 4.84. The molecule has 0 aliphatic rings. The zero-order valence-electron chi connectivity index (χ0n) is 16.8. The van der Waals surface area contributed by atoms with E-state index in [1.54, 1.807) is 27.5 Å². The van der Waals surface area contributed by atoms with Crippen molar-refractivity contribution >= 4 is 22.7 Å². The normalized spacial score (nSPS) is 10.8. The summed E-state index contributed by atoms with van der Waals surface area (Å²) in [6.07, 6.45) is 1.70. The molecule has 0 saturated heterocycles. The first kappa shape index (κ1) is 20.5. The number of rotatable bonds is 9. The van der Waals surface area contributed by atoms with Crippen molar-refractivity contribution in [2.24, 2.45) is 5.10 Å². The van der Waals surface area contributed by atoms with E-state index in [9.17, 15) is 0 Å². The van der Waals surface area contributed by atoms with Crippen molar-refractivity contribution in [2.75, 3.05) is 33.4 Å². The fraction of sp³-hybridized carbons (Fsp3) is 0.238. The molecule has 0 bridgehead atoms. The molecule has 2 aromatic carbocycles. The van der Waals surface area contributed by atoms with E-state index in [0.717, 1.165) is 16.8 Å². The van der Waals surface area contributed by atoms with Crippen molar-refractivity contribution in [1.82, 2.24) is 4.98 Å². The molecule has 0 saturated carbocycles. The van der Waals surface area contributed by atoms with Gasteiger partial charge in [-0.2, -0.15) is 5.10 Å². The number of hydrazone groups is 1. The fourth-order valence-electron chi connectivity index (χ4n) is 2.65. The van der Waals surface area contributed by atoms with Gasteiger partial charge in [-0.25, -0.2) is 4.98 Å². The maximum absolute atomic E-state index is 5.52. The lowest BCUT2D eigenvalue weighted by Gasteiger charge is -2.09. The minimum absolute atomic E-state index is 0.581. The van der Waals surface area contributed by atoms with Gasteiger partial charge in [-0.15, -0.1) is 11.3 Å². The summed E-state index contributed by atoms with van der Waals surface area (Å²) >= 11 is 1.47. The van der Waals surface area contributed by atoms with Crippen LogP contribution in [-0.4, -0.2) is 39.1 Å². The third kappa shape index (κ3) is 4.97. The summed E-state index contributed by atoms with van der Waals surface area (Å²) in [6, 6.07) is 11.3. The third-order valence-corrected chi connectivity index (χ3v) is 4.79. The van der Waals surface area contributed by atoms with Crippen LogP contribution in [0.1, 0.15) is 12.5 Å². The second-order valence-electron chi connectivity index (χ2n) is 5.82. The highest BCUT2D eigenvalue weighted by Crippen LogP contribution is 2.33. The molecule has 0 aliphatic heterocycles. The van der Waals surface area contributed by atoms with Gasteiger partial charge in [-0.05, 0) is 48.9 Å². The highest BCUT2D eigenvalue weighted by Gasteiger charge is 2.09. The Bertz CT molecular complexity index is 988. The number of ether oxygens (including phenoxy) is 4. The number of anilines is 1. The Kier molecular flexibility index (Phi) is 6.91. The number of thiazole rings is 1. The molecule has 1 N–H and O–H groups in total. The Morgan fingerprint density at radius 3 is 2.41 bits per heavy atom. The number of hydrogen-bond acceptors (Lipinski definition) is 8. The lowest BCUT2D eigenvalue weighted by atomic mass is 10.1. The lowest BCUT2D eigenvalue weighted by molar-refractivity contribution is 0.311. The molecule has 3 rings (SSSR count). The van der Waals surface area contributed by atoms with Crippen LogP contribution in [0.3, 0.4) is 0 Å². The summed E-state index contributed by atoms with van der Waals surface area (Å²) in [5, 5.41) is 6.90. The van der Waals surface area contributed by atoms with E-state index in [4.69, 9.17) is 18.9 Å². The molecule has 3 aromatic rings. The van der Waals surface area contributed by atoms with E-state index < -0.39 is 0 Å². The molecule has 29 heavy (non-hydrogen) atoms. The van der Waals surface area contributed by atoms with E-state index in [1.165, 1.54) is 11.3 Å². The molecule has 152 valence electrons. The summed E-state index contributed by atoms with van der Waals surface area (Å²) in [6.45, 7) is 2.51. The molecule has 1 heterocycles. The van der Waals surface area contributed by atoms with Crippen LogP contribution in [0.25, 0.3) is 11.3 Å². The average Bonchev–Trinajstić information content (AvgIpc) is 3.23. The Balaban J connectivity index is 1.69. The van der Waals surface area contributed by atoms with E-state index in [2.05, 4.69) is 15.5 Å². The smallest absolute Gasteiger partial charge is 0.203 e. The van der Waals surface area contributed by atoms with Crippen LogP contribution in [0, 0.1) is 0 Å². The summed E-state index contributed by atoms with van der Waals surface area (Å²) in [5.74, 6) is 2.72. The van der Waals surface area contributed by atoms with Gasteiger partial charge in [0.2, 0.25) is 5.13 Å². The number of methoxy groups -OCH3 is 3. The zero-order valence-corrected chi connectivity index (χ0v) is 17.6. The molecule has 7 nitrogen and oxygen atoms in total. The Morgan fingerprint density at radius 1 is 0.966 bits per heavy atom. The summed E-state index contributed by atoms with van der Waals surface area (Å²) < 4.78 is 21.5. The highest BCUT2D eigenvalue weighted by molar-refractivity contribution is 7.14. The first-order valence-electron chi connectivity index (χ1n) is 8.96. The molecule has 1 aromatic heterocycles. The largest absolute Gasteiger partial charge is 0.493 e. The number of aromatic nitrogens is 1. The molecule has 8 heteroatoms. The quantitative estimate of drug-likeness (QED) is 0.406. The highest BCUT2D eigenvalue weighted by atomic mass is 32.1. The van der Waals surface area contributed by atoms with Crippen LogP contribution in [0.4, 0.5) is 5.13 Å².